The summed E-state index contributed by atoms with van der Waals surface area (Å²) >= 11 is 1.28. The maximum Gasteiger partial charge on any atom is 0.387 e. The summed E-state index contributed by atoms with van der Waals surface area (Å²) in [6.07, 6.45) is 2.94. The molecule has 0 radical (unpaired) electrons. The normalized spacial score (nSPS) is 11.8. The molecular weight excluding hydrogens is 301 g/mol. The smallest absolute Gasteiger partial charge is 0.387 e. The zero-order chi connectivity index (χ0) is 15.2. The molecule has 0 aliphatic heterocycles. The first-order valence-electron chi connectivity index (χ1n) is 5.88. The van der Waals surface area contributed by atoms with Crippen LogP contribution in [0.5, 0.6) is 5.75 Å². The fourth-order valence-corrected chi connectivity index (χ4v) is 2.06. The molecule has 1 aromatic heterocycles. The molecule has 1 heterocycles. The van der Waals surface area contributed by atoms with Gasteiger partial charge in [0.1, 0.15) is 22.3 Å². The van der Waals surface area contributed by atoms with Crippen LogP contribution in [0.1, 0.15) is 5.69 Å². The number of para-hydroxylation sites is 1. The maximum atomic E-state index is 13.6. The van der Waals surface area contributed by atoms with Gasteiger partial charge in [0.25, 0.3) is 0 Å². The Morgan fingerprint density at radius 2 is 2.00 bits per heavy atom. The molecule has 21 heavy (non-hydrogen) atoms. The van der Waals surface area contributed by atoms with Gasteiger partial charge in [0.2, 0.25) is 0 Å². The van der Waals surface area contributed by atoms with Gasteiger partial charge in [0, 0.05) is 0 Å². The molecule has 0 N–H and O–H groups in total. The Kier molecular flexibility index (Phi) is 5.21. The lowest BCUT2D eigenvalue weighted by molar-refractivity contribution is -0.0500. The van der Waals surface area contributed by atoms with Crippen LogP contribution >= 0.6 is 11.8 Å². The first kappa shape index (κ1) is 15.4. The number of thioether (sulfide) groups is 1. The minimum Gasteiger partial charge on any atom is -0.433 e. The summed E-state index contributed by atoms with van der Waals surface area (Å²) in [5, 5.41) is 0.476. The van der Waals surface area contributed by atoms with E-state index < -0.39 is 12.4 Å². The number of aromatic nitrogens is 1. The van der Waals surface area contributed by atoms with Gasteiger partial charge in [-0.25, -0.2) is 9.38 Å². The van der Waals surface area contributed by atoms with Crippen molar-refractivity contribution in [2.45, 2.75) is 6.61 Å². The lowest BCUT2D eigenvalue weighted by atomic mass is 10.3. The van der Waals surface area contributed by atoms with Gasteiger partial charge >= 0.3 is 6.61 Å². The minimum absolute atomic E-state index is 0.0416. The Bertz CT molecular complexity index is 632. The largest absolute Gasteiger partial charge is 0.433 e. The topological polar surface area (TPSA) is 34.5 Å². The van der Waals surface area contributed by atoms with Crippen LogP contribution in [0.2, 0.25) is 0 Å². The second-order valence-electron chi connectivity index (χ2n) is 3.83. The van der Waals surface area contributed by atoms with Crippen molar-refractivity contribution in [3.8, 4) is 5.75 Å². The van der Waals surface area contributed by atoms with Crippen LogP contribution in [-0.4, -0.2) is 22.9 Å². The zero-order valence-electron chi connectivity index (χ0n) is 11.0. The third-order valence-corrected chi connectivity index (χ3v) is 3.14. The summed E-state index contributed by atoms with van der Waals surface area (Å²) in [6, 6.07) is 8.95. The van der Waals surface area contributed by atoms with E-state index in [9.17, 15) is 13.2 Å². The van der Waals surface area contributed by atoms with Crippen molar-refractivity contribution >= 4 is 22.5 Å². The number of ether oxygens (including phenoxy) is 1. The van der Waals surface area contributed by atoms with Crippen LogP contribution in [0.15, 0.2) is 47.6 Å². The molecule has 0 spiro atoms. The second kappa shape index (κ2) is 7.12. The Hall–Kier alpha value is -2.02. The second-order valence-corrected chi connectivity index (χ2v) is 4.63. The van der Waals surface area contributed by atoms with Gasteiger partial charge in [-0.15, -0.1) is 11.8 Å². The van der Waals surface area contributed by atoms with E-state index >= 15 is 0 Å². The zero-order valence-corrected chi connectivity index (χ0v) is 11.8. The highest BCUT2D eigenvalue weighted by molar-refractivity contribution is 8.13. The first-order valence-corrected chi connectivity index (χ1v) is 7.11. The van der Waals surface area contributed by atoms with E-state index in [1.54, 1.807) is 24.5 Å². The van der Waals surface area contributed by atoms with Crippen molar-refractivity contribution in [3.05, 3.63) is 54.1 Å². The highest BCUT2D eigenvalue weighted by Crippen LogP contribution is 2.22. The van der Waals surface area contributed by atoms with E-state index in [4.69, 9.17) is 0 Å². The van der Waals surface area contributed by atoms with Crippen LogP contribution in [0.25, 0.3) is 0 Å². The molecule has 110 valence electrons. The Morgan fingerprint density at radius 1 is 1.24 bits per heavy atom. The number of hydrogen-bond acceptors (Lipinski definition) is 4. The van der Waals surface area contributed by atoms with Gasteiger partial charge in [-0.1, -0.05) is 12.1 Å². The van der Waals surface area contributed by atoms with Crippen molar-refractivity contribution < 1.29 is 17.9 Å². The molecule has 0 bridgehead atoms. The molecule has 7 heteroatoms. The molecule has 1 aromatic carbocycles. The van der Waals surface area contributed by atoms with Crippen LogP contribution in [0, 0.1) is 5.82 Å². The van der Waals surface area contributed by atoms with E-state index in [0.29, 0.717) is 10.7 Å². The van der Waals surface area contributed by atoms with E-state index in [-0.39, 0.29) is 11.4 Å². The van der Waals surface area contributed by atoms with Gasteiger partial charge in [-0.05, 0) is 30.5 Å². The van der Waals surface area contributed by atoms with Crippen molar-refractivity contribution in [2.24, 2.45) is 4.99 Å². The molecule has 2 rings (SSSR count). The number of hydrogen-bond donors (Lipinski definition) is 0. The minimum atomic E-state index is -2.90. The summed E-state index contributed by atoms with van der Waals surface area (Å²) in [6.45, 7) is -2.90. The molecule has 0 saturated heterocycles. The van der Waals surface area contributed by atoms with Gasteiger partial charge < -0.3 is 4.74 Å². The third-order valence-electron chi connectivity index (χ3n) is 2.45. The van der Waals surface area contributed by atoms with Gasteiger partial charge in [-0.2, -0.15) is 8.78 Å². The Labute approximate surface area is 123 Å². The Morgan fingerprint density at radius 3 is 2.57 bits per heavy atom. The predicted molar refractivity (Wildman–Crippen MR) is 77.0 cm³/mol. The summed E-state index contributed by atoms with van der Waals surface area (Å²) in [5.74, 6) is -0.484. The average molecular weight is 312 g/mol. The van der Waals surface area contributed by atoms with Crippen LogP contribution in [0.3, 0.4) is 0 Å². The molecule has 0 amide bonds. The van der Waals surface area contributed by atoms with Crippen molar-refractivity contribution in [3.63, 3.8) is 0 Å². The van der Waals surface area contributed by atoms with E-state index in [0.717, 1.165) is 0 Å². The molecule has 0 atom stereocenters. The lowest BCUT2D eigenvalue weighted by Crippen LogP contribution is -2.04. The molecule has 0 aliphatic carbocycles. The number of pyridine rings is 1. The highest BCUT2D eigenvalue weighted by atomic mass is 32.2. The molecule has 0 fully saturated rings. The third kappa shape index (κ3) is 4.22. The maximum absolute atomic E-state index is 13.6. The van der Waals surface area contributed by atoms with E-state index in [1.807, 2.05) is 0 Å². The predicted octanol–water partition coefficient (Wildman–Crippen LogP) is 4.26. The quantitative estimate of drug-likeness (QED) is 0.625. The van der Waals surface area contributed by atoms with E-state index in [2.05, 4.69) is 14.7 Å². The summed E-state index contributed by atoms with van der Waals surface area (Å²) in [7, 11) is 0. The number of halogens is 3. The monoisotopic (exact) mass is 312 g/mol. The molecule has 0 aliphatic rings. The van der Waals surface area contributed by atoms with Gasteiger partial charge in [0.05, 0.1) is 11.9 Å². The molecule has 2 aromatic rings. The molecular formula is C14H11F3N2OS. The molecule has 3 nitrogen and oxygen atoms in total. The van der Waals surface area contributed by atoms with Crippen molar-refractivity contribution in [1.82, 2.24) is 4.98 Å². The van der Waals surface area contributed by atoms with Gasteiger partial charge in [0.15, 0.2) is 0 Å². The standard InChI is InChI=1S/C14H11F3N2OS/c1-21-13(19-11-5-3-2-4-10(11)15)12-7-6-9(8-18-12)20-14(16)17/h2-8,14H,1H3/b19-13-. The first-order chi connectivity index (χ1) is 10.1. The molecule has 0 saturated carbocycles. The number of benzene rings is 1. The van der Waals surface area contributed by atoms with Crippen molar-refractivity contribution in [1.29, 1.82) is 0 Å². The number of alkyl halides is 2. The summed E-state index contributed by atoms with van der Waals surface area (Å²) in [4.78, 5) is 8.19. The SMILES string of the molecule is CS/C(=N\c1ccccc1F)c1ccc(OC(F)F)cn1. The summed E-state index contributed by atoms with van der Waals surface area (Å²) in [5.41, 5.74) is 0.643. The Balaban J connectivity index is 2.27. The van der Waals surface area contributed by atoms with Crippen molar-refractivity contribution in [2.75, 3.05) is 6.26 Å². The van der Waals surface area contributed by atoms with Gasteiger partial charge in [-0.3, -0.25) is 4.98 Å². The lowest BCUT2D eigenvalue weighted by Gasteiger charge is -2.06. The van der Waals surface area contributed by atoms with E-state index in [1.165, 1.54) is 36.2 Å². The molecule has 0 unspecified atom stereocenters. The summed E-state index contributed by atoms with van der Waals surface area (Å²) < 4.78 is 41.9. The average Bonchev–Trinajstić information content (AvgIpc) is 2.47. The number of rotatable bonds is 4. The number of aliphatic imine (C=N–C) groups is 1. The number of nitrogens with zero attached hydrogens (tertiary/aromatic N) is 2. The van der Waals surface area contributed by atoms with Crippen LogP contribution < -0.4 is 4.74 Å². The fraction of sp³-hybridized carbons (Fsp3) is 0.143. The highest BCUT2D eigenvalue weighted by Gasteiger charge is 2.09. The van der Waals surface area contributed by atoms with Crippen LogP contribution in [-0.2, 0) is 0 Å². The van der Waals surface area contributed by atoms with Crippen LogP contribution in [0.4, 0.5) is 18.9 Å². The fourth-order valence-electron chi connectivity index (χ4n) is 1.54.